The fourth-order valence-electron chi connectivity index (χ4n) is 2.33. The zero-order chi connectivity index (χ0) is 18.2. The quantitative estimate of drug-likeness (QED) is 0.600. The van der Waals surface area contributed by atoms with Crippen LogP contribution in [-0.4, -0.2) is 23.2 Å². The monoisotopic (exact) mass is 484 g/mol. The van der Waals surface area contributed by atoms with Gasteiger partial charge in [-0.3, -0.25) is 4.72 Å². The zero-order valence-electron chi connectivity index (χ0n) is 13.4. The van der Waals surface area contributed by atoms with Crippen LogP contribution in [0, 0.1) is 13.8 Å². The summed E-state index contributed by atoms with van der Waals surface area (Å²) in [6, 6.07) is 10.3. The van der Waals surface area contributed by atoms with Gasteiger partial charge in [0.25, 0.3) is 10.0 Å². The summed E-state index contributed by atoms with van der Waals surface area (Å²) >= 11 is 6.55. The van der Waals surface area contributed by atoms with Crippen molar-refractivity contribution >= 4 is 47.6 Å². The standard InChI is InChI=1S/C16H14Br2N4O2S/c1-10-7-11(2)22(20-10)16-6-4-13(9-19-16)21-25(23,24)15-8-12(17)3-5-14(15)18/h3-9,21H,1-2H3. The van der Waals surface area contributed by atoms with Gasteiger partial charge in [-0.2, -0.15) is 5.10 Å². The van der Waals surface area contributed by atoms with Crippen molar-refractivity contribution in [1.82, 2.24) is 14.8 Å². The van der Waals surface area contributed by atoms with E-state index in [4.69, 9.17) is 0 Å². The van der Waals surface area contributed by atoms with Gasteiger partial charge in [0.05, 0.1) is 17.6 Å². The molecule has 0 spiro atoms. The summed E-state index contributed by atoms with van der Waals surface area (Å²) in [7, 11) is -3.74. The molecule has 0 saturated carbocycles. The molecule has 6 nitrogen and oxygen atoms in total. The summed E-state index contributed by atoms with van der Waals surface area (Å²) in [5, 5.41) is 4.36. The van der Waals surface area contributed by atoms with Crippen LogP contribution in [0.2, 0.25) is 0 Å². The van der Waals surface area contributed by atoms with Crippen molar-refractivity contribution < 1.29 is 8.42 Å². The number of benzene rings is 1. The highest BCUT2D eigenvalue weighted by molar-refractivity contribution is 9.11. The Kier molecular flexibility index (Phi) is 4.99. The van der Waals surface area contributed by atoms with Crippen LogP contribution in [0.5, 0.6) is 0 Å². The fourth-order valence-corrected chi connectivity index (χ4v) is 4.87. The van der Waals surface area contributed by atoms with Crippen LogP contribution in [0.25, 0.3) is 5.82 Å². The molecule has 0 amide bonds. The molecule has 25 heavy (non-hydrogen) atoms. The first-order valence-corrected chi connectivity index (χ1v) is 10.3. The van der Waals surface area contributed by atoms with E-state index in [2.05, 4.69) is 46.7 Å². The minimum Gasteiger partial charge on any atom is -0.278 e. The van der Waals surface area contributed by atoms with E-state index in [0.717, 1.165) is 11.4 Å². The van der Waals surface area contributed by atoms with E-state index in [0.29, 0.717) is 20.5 Å². The fraction of sp³-hybridized carbons (Fsp3) is 0.125. The molecular weight excluding hydrogens is 472 g/mol. The number of hydrogen-bond donors (Lipinski definition) is 1. The van der Waals surface area contributed by atoms with Gasteiger partial charge in [0.1, 0.15) is 4.90 Å². The molecule has 2 aromatic heterocycles. The lowest BCUT2D eigenvalue weighted by Crippen LogP contribution is -2.14. The second-order valence-corrected chi connectivity index (χ2v) is 8.85. The van der Waals surface area contributed by atoms with Crippen molar-refractivity contribution in [3.8, 4) is 5.82 Å². The van der Waals surface area contributed by atoms with E-state index in [1.54, 1.807) is 28.9 Å². The summed E-state index contributed by atoms with van der Waals surface area (Å²) < 4.78 is 30.6. The molecule has 3 aromatic rings. The lowest BCUT2D eigenvalue weighted by Gasteiger charge is -2.10. The highest BCUT2D eigenvalue weighted by atomic mass is 79.9. The predicted molar refractivity (Wildman–Crippen MR) is 103 cm³/mol. The molecule has 0 saturated heterocycles. The third kappa shape index (κ3) is 3.94. The summed E-state index contributed by atoms with van der Waals surface area (Å²) in [5.41, 5.74) is 2.22. The smallest absolute Gasteiger partial charge is 0.263 e. The van der Waals surface area contributed by atoms with Gasteiger partial charge >= 0.3 is 0 Å². The van der Waals surface area contributed by atoms with Gasteiger partial charge in [0.2, 0.25) is 0 Å². The lowest BCUT2D eigenvalue weighted by atomic mass is 10.4. The Labute approximate surface area is 162 Å². The zero-order valence-corrected chi connectivity index (χ0v) is 17.4. The van der Waals surface area contributed by atoms with Gasteiger partial charge in [-0.05, 0) is 66.2 Å². The molecule has 0 bridgehead atoms. The van der Waals surface area contributed by atoms with Crippen LogP contribution in [0.1, 0.15) is 11.4 Å². The first-order chi connectivity index (χ1) is 11.8. The largest absolute Gasteiger partial charge is 0.278 e. The number of halogens is 2. The second-order valence-electron chi connectivity index (χ2n) is 5.42. The van der Waals surface area contributed by atoms with Crippen LogP contribution in [0.3, 0.4) is 0 Å². The highest BCUT2D eigenvalue weighted by Gasteiger charge is 2.18. The van der Waals surface area contributed by atoms with Crippen LogP contribution in [0.4, 0.5) is 5.69 Å². The Morgan fingerprint density at radius 3 is 2.44 bits per heavy atom. The maximum absolute atomic E-state index is 12.6. The molecule has 0 radical (unpaired) electrons. The molecule has 0 aliphatic rings. The number of aromatic nitrogens is 3. The van der Waals surface area contributed by atoms with Crippen molar-refractivity contribution in [3.63, 3.8) is 0 Å². The molecule has 9 heteroatoms. The van der Waals surface area contributed by atoms with Crippen LogP contribution in [0.15, 0.2) is 56.4 Å². The summed E-state index contributed by atoms with van der Waals surface area (Å²) in [6.45, 7) is 3.84. The van der Waals surface area contributed by atoms with Gasteiger partial charge in [-0.1, -0.05) is 15.9 Å². The molecule has 0 aliphatic carbocycles. The van der Waals surface area contributed by atoms with Crippen molar-refractivity contribution in [1.29, 1.82) is 0 Å². The number of sulfonamides is 1. The van der Waals surface area contributed by atoms with Crippen molar-refractivity contribution in [2.75, 3.05) is 4.72 Å². The average Bonchev–Trinajstić information content (AvgIpc) is 2.88. The van der Waals surface area contributed by atoms with Gasteiger partial charge in [0.15, 0.2) is 5.82 Å². The van der Waals surface area contributed by atoms with Crippen LogP contribution >= 0.6 is 31.9 Å². The summed E-state index contributed by atoms with van der Waals surface area (Å²) in [5.74, 6) is 0.622. The molecule has 130 valence electrons. The molecule has 1 aromatic carbocycles. The maximum atomic E-state index is 12.6. The van der Waals surface area contributed by atoms with E-state index >= 15 is 0 Å². The van der Waals surface area contributed by atoms with Crippen LogP contribution < -0.4 is 4.72 Å². The molecular formula is C16H14Br2N4O2S. The minimum absolute atomic E-state index is 0.143. The number of nitrogens with zero attached hydrogens (tertiary/aromatic N) is 3. The SMILES string of the molecule is Cc1cc(C)n(-c2ccc(NS(=O)(=O)c3cc(Br)ccc3Br)cn2)n1. The summed E-state index contributed by atoms with van der Waals surface area (Å²) in [4.78, 5) is 4.44. The topological polar surface area (TPSA) is 76.9 Å². The predicted octanol–water partition coefficient (Wildman–Crippen LogP) is 4.21. The van der Waals surface area contributed by atoms with E-state index in [9.17, 15) is 8.42 Å². The van der Waals surface area contributed by atoms with Crippen LogP contribution in [-0.2, 0) is 10.0 Å². The Hall–Kier alpha value is -1.71. The lowest BCUT2D eigenvalue weighted by molar-refractivity contribution is 0.600. The number of aryl methyl sites for hydroxylation is 2. The second kappa shape index (κ2) is 6.89. The number of rotatable bonds is 4. The van der Waals surface area contributed by atoms with Gasteiger partial charge < -0.3 is 0 Å². The Balaban J connectivity index is 1.88. The van der Waals surface area contributed by atoms with E-state index in [-0.39, 0.29) is 4.90 Å². The van der Waals surface area contributed by atoms with Crippen molar-refractivity contribution in [2.24, 2.45) is 0 Å². The minimum atomic E-state index is -3.74. The first-order valence-electron chi connectivity index (χ1n) is 7.24. The Morgan fingerprint density at radius 2 is 1.84 bits per heavy atom. The molecule has 1 N–H and O–H groups in total. The van der Waals surface area contributed by atoms with Gasteiger partial charge in [0, 0.05) is 14.6 Å². The Morgan fingerprint density at radius 1 is 1.08 bits per heavy atom. The number of nitrogens with one attached hydrogen (secondary N) is 1. The number of hydrogen-bond acceptors (Lipinski definition) is 4. The molecule has 0 fully saturated rings. The molecule has 0 atom stereocenters. The van der Waals surface area contributed by atoms with E-state index in [1.807, 2.05) is 19.9 Å². The number of pyridine rings is 1. The third-order valence-corrected chi connectivity index (χ3v) is 6.28. The number of anilines is 1. The Bertz CT molecular complexity index is 1030. The molecule has 2 heterocycles. The summed E-state index contributed by atoms with van der Waals surface area (Å²) in [6.07, 6.45) is 1.47. The average molecular weight is 486 g/mol. The third-order valence-electron chi connectivity index (χ3n) is 3.41. The van der Waals surface area contributed by atoms with Gasteiger partial charge in [-0.25, -0.2) is 18.1 Å². The van der Waals surface area contributed by atoms with Crippen molar-refractivity contribution in [3.05, 3.63) is 62.9 Å². The van der Waals surface area contributed by atoms with Crippen molar-refractivity contribution in [2.45, 2.75) is 18.7 Å². The van der Waals surface area contributed by atoms with E-state index < -0.39 is 10.0 Å². The van der Waals surface area contributed by atoms with Gasteiger partial charge in [-0.15, -0.1) is 0 Å². The molecule has 3 rings (SSSR count). The highest BCUT2D eigenvalue weighted by Crippen LogP contribution is 2.27. The molecule has 0 aliphatic heterocycles. The maximum Gasteiger partial charge on any atom is 0.263 e. The van der Waals surface area contributed by atoms with E-state index in [1.165, 1.54) is 12.3 Å². The first kappa shape index (κ1) is 18.1. The normalized spacial score (nSPS) is 11.5. The molecule has 0 unspecified atom stereocenters.